The van der Waals surface area contributed by atoms with Gasteiger partial charge in [0.25, 0.3) is 0 Å². The maximum absolute atomic E-state index is 14.4. The lowest BCUT2D eigenvalue weighted by Crippen LogP contribution is -2.46. The number of methoxy groups -OCH3 is 1. The van der Waals surface area contributed by atoms with Gasteiger partial charge in [-0.05, 0) is 37.1 Å². The van der Waals surface area contributed by atoms with Crippen LogP contribution >= 0.6 is 0 Å². The molecule has 0 unspecified atom stereocenters. The summed E-state index contributed by atoms with van der Waals surface area (Å²) in [5.74, 6) is -0.787. The largest absolute Gasteiger partial charge is 0.497 e. The minimum Gasteiger partial charge on any atom is -0.497 e. The SMILES string of the molecule is COc1ccc(-c2ncc(F)c(N3CCC[C@@H]3C(=O)NCC(F)(F)F)n2)cc1. The first-order valence-electron chi connectivity index (χ1n) is 8.56. The van der Waals surface area contributed by atoms with Crippen LogP contribution in [0.1, 0.15) is 12.8 Å². The van der Waals surface area contributed by atoms with Gasteiger partial charge in [-0.3, -0.25) is 4.79 Å². The maximum atomic E-state index is 14.4. The fraction of sp³-hybridized carbons (Fsp3) is 0.389. The standard InChI is InChI=1S/C18H18F4N4O2/c1-28-12-6-4-11(5-7-12)15-23-9-13(19)16(25-15)26-8-2-3-14(26)17(27)24-10-18(20,21)22/h4-7,9,14H,2-3,8,10H2,1H3,(H,24,27)/t14-/m1/s1. The number of hydrogen-bond donors (Lipinski definition) is 1. The third-order valence-corrected chi connectivity index (χ3v) is 4.36. The highest BCUT2D eigenvalue weighted by Gasteiger charge is 2.36. The van der Waals surface area contributed by atoms with Crippen molar-refractivity contribution >= 4 is 11.7 Å². The number of carbonyl (C=O) groups excluding carboxylic acids is 1. The summed E-state index contributed by atoms with van der Waals surface area (Å²) in [6.45, 7) is -1.13. The monoisotopic (exact) mass is 398 g/mol. The van der Waals surface area contributed by atoms with Gasteiger partial charge in [0.05, 0.1) is 13.3 Å². The van der Waals surface area contributed by atoms with E-state index in [1.807, 2.05) is 5.32 Å². The third kappa shape index (κ3) is 4.49. The van der Waals surface area contributed by atoms with Crippen molar-refractivity contribution in [3.63, 3.8) is 0 Å². The van der Waals surface area contributed by atoms with Crippen molar-refractivity contribution in [2.75, 3.05) is 25.1 Å². The highest BCUT2D eigenvalue weighted by molar-refractivity contribution is 5.85. The van der Waals surface area contributed by atoms with E-state index in [-0.39, 0.29) is 11.6 Å². The van der Waals surface area contributed by atoms with Crippen LogP contribution < -0.4 is 15.0 Å². The number of rotatable bonds is 5. The predicted molar refractivity (Wildman–Crippen MR) is 93.4 cm³/mol. The molecular weight excluding hydrogens is 380 g/mol. The van der Waals surface area contributed by atoms with Crippen LogP contribution in [0, 0.1) is 5.82 Å². The number of anilines is 1. The van der Waals surface area contributed by atoms with Gasteiger partial charge >= 0.3 is 6.18 Å². The van der Waals surface area contributed by atoms with Crippen molar-refractivity contribution in [1.29, 1.82) is 0 Å². The summed E-state index contributed by atoms with van der Waals surface area (Å²) >= 11 is 0. The summed E-state index contributed by atoms with van der Waals surface area (Å²) < 4.78 is 56.5. The van der Waals surface area contributed by atoms with Crippen LogP contribution in [0.5, 0.6) is 5.75 Å². The zero-order valence-electron chi connectivity index (χ0n) is 15.0. The van der Waals surface area contributed by atoms with E-state index in [0.29, 0.717) is 30.7 Å². The summed E-state index contributed by atoms with van der Waals surface area (Å²) in [6.07, 6.45) is -2.68. The molecule has 6 nitrogen and oxygen atoms in total. The van der Waals surface area contributed by atoms with Crippen molar-refractivity contribution < 1.29 is 27.1 Å². The maximum Gasteiger partial charge on any atom is 0.405 e. The lowest BCUT2D eigenvalue weighted by atomic mass is 10.2. The van der Waals surface area contributed by atoms with E-state index in [0.717, 1.165) is 6.20 Å². The van der Waals surface area contributed by atoms with Crippen LogP contribution in [-0.4, -0.2) is 48.3 Å². The Balaban J connectivity index is 1.84. The minimum absolute atomic E-state index is 0.106. The van der Waals surface area contributed by atoms with Crippen LogP contribution in [-0.2, 0) is 4.79 Å². The van der Waals surface area contributed by atoms with Crippen LogP contribution in [0.2, 0.25) is 0 Å². The predicted octanol–water partition coefficient (Wildman–Crippen LogP) is 2.94. The van der Waals surface area contributed by atoms with Crippen LogP contribution in [0.3, 0.4) is 0 Å². The summed E-state index contributed by atoms with van der Waals surface area (Å²) in [6, 6.07) is 5.88. The molecule has 1 N–H and O–H groups in total. The Hall–Kier alpha value is -2.91. The van der Waals surface area contributed by atoms with Gasteiger partial charge in [-0.2, -0.15) is 13.2 Å². The molecule has 0 bridgehead atoms. The number of benzene rings is 1. The number of ether oxygens (including phenoxy) is 1. The van der Waals surface area contributed by atoms with Gasteiger partial charge in [0, 0.05) is 12.1 Å². The Morgan fingerprint density at radius 2 is 2.04 bits per heavy atom. The molecule has 1 amide bonds. The van der Waals surface area contributed by atoms with E-state index in [4.69, 9.17) is 4.74 Å². The Morgan fingerprint density at radius 1 is 1.32 bits per heavy atom. The number of alkyl halides is 3. The lowest BCUT2D eigenvalue weighted by Gasteiger charge is -2.25. The molecule has 1 atom stereocenters. The van der Waals surface area contributed by atoms with E-state index < -0.39 is 30.5 Å². The van der Waals surface area contributed by atoms with Crippen molar-refractivity contribution in [2.45, 2.75) is 25.1 Å². The molecular formula is C18H18F4N4O2. The van der Waals surface area contributed by atoms with E-state index in [1.54, 1.807) is 24.3 Å². The summed E-state index contributed by atoms with van der Waals surface area (Å²) in [5, 5.41) is 1.86. The average Bonchev–Trinajstić information content (AvgIpc) is 3.15. The molecule has 1 aliphatic rings. The van der Waals surface area contributed by atoms with Gasteiger partial charge in [0.1, 0.15) is 18.3 Å². The second-order valence-corrected chi connectivity index (χ2v) is 6.28. The highest BCUT2D eigenvalue weighted by Crippen LogP contribution is 2.29. The van der Waals surface area contributed by atoms with Gasteiger partial charge < -0.3 is 15.0 Å². The molecule has 10 heteroatoms. The average molecular weight is 398 g/mol. The highest BCUT2D eigenvalue weighted by atomic mass is 19.4. The number of hydrogen-bond acceptors (Lipinski definition) is 5. The molecule has 2 aromatic rings. The Bertz CT molecular complexity index is 842. The fourth-order valence-electron chi connectivity index (χ4n) is 3.04. The molecule has 1 fully saturated rings. The quantitative estimate of drug-likeness (QED) is 0.785. The van der Waals surface area contributed by atoms with Gasteiger partial charge in [-0.1, -0.05) is 0 Å². The molecule has 3 rings (SSSR count). The van der Waals surface area contributed by atoms with Crippen molar-refractivity contribution in [1.82, 2.24) is 15.3 Å². The molecule has 1 saturated heterocycles. The normalized spacial score (nSPS) is 16.9. The topological polar surface area (TPSA) is 67.3 Å². The number of halogens is 4. The molecule has 0 aliphatic carbocycles. The Labute approximate surface area is 158 Å². The van der Waals surface area contributed by atoms with Crippen molar-refractivity contribution in [3.8, 4) is 17.1 Å². The van der Waals surface area contributed by atoms with Gasteiger partial charge in [0.15, 0.2) is 17.5 Å². The molecule has 28 heavy (non-hydrogen) atoms. The number of carbonyl (C=O) groups is 1. The van der Waals surface area contributed by atoms with Crippen LogP contribution in [0.25, 0.3) is 11.4 Å². The molecule has 1 aromatic carbocycles. The van der Waals surface area contributed by atoms with Crippen molar-refractivity contribution in [3.05, 3.63) is 36.3 Å². The molecule has 1 aliphatic heterocycles. The van der Waals surface area contributed by atoms with Gasteiger partial charge in [-0.25, -0.2) is 14.4 Å². The smallest absolute Gasteiger partial charge is 0.405 e. The Morgan fingerprint density at radius 3 is 2.68 bits per heavy atom. The van der Waals surface area contributed by atoms with E-state index >= 15 is 0 Å². The summed E-state index contributed by atoms with van der Waals surface area (Å²) in [5.41, 5.74) is 0.610. The number of nitrogens with one attached hydrogen (secondary N) is 1. The van der Waals surface area contributed by atoms with Crippen molar-refractivity contribution in [2.24, 2.45) is 0 Å². The first-order valence-corrected chi connectivity index (χ1v) is 8.56. The molecule has 1 aromatic heterocycles. The molecule has 2 heterocycles. The zero-order valence-corrected chi connectivity index (χ0v) is 15.0. The fourth-order valence-corrected chi connectivity index (χ4v) is 3.04. The van der Waals surface area contributed by atoms with Crippen LogP contribution in [0.15, 0.2) is 30.5 Å². The van der Waals surface area contributed by atoms with Gasteiger partial charge in [0.2, 0.25) is 5.91 Å². The van der Waals surface area contributed by atoms with E-state index in [9.17, 15) is 22.4 Å². The summed E-state index contributed by atoms with van der Waals surface area (Å²) in [4.78, 5) is 21.8. The van der Waals surface area contributed by atoms with Crippen LogP contribution in [0.4, 0.5) is 23.4 Å². The van der Waals surface area contributed by atoms with E-state index in [1.165, 1.54) is 12.0 Å². The second-order valence-electron chi connectivity index (χ2n) is 6.28. The number of aromatic nitrogens is 2. The molecule has 0 radical (unpaired) electrons. The van der Waals surface area contributed by atoms with Gasteiger partial charge in [-0.15, -0.1) is 0 Å². The zero-order chi connectivity index (χ0) is 20.3. The minimum atomic E-state index is -4.51. The first kappa shape index (κ1) is 19.8. The molecule has 0 spiro atoms. The number of amides is 1. The lowest BCUT2D eigenvalue weighted by molar-refractivity contribution is -0.139. The Kier molecular flexibility index (Phi) is 5.66. The second kappa shape index (κ2) is 7.99. The molecule has 0 saturated carbocycles. The number of nitrogens with zero attached hydrogens (tertiary/aromatic N) is 3. The molecule has 150 valence electrons. The third-order valence-electron chi connectivity index (χ3n) is 4.36. The first-order chi connectivity index (χ1) is 13.3. The van der Waals surface area contributed by atoms with E-state index in [2.05, 4.69) is 9.97 Å². The summed E-state index contributed by atoms with van der Waals surface area (Å²) in [7, 11) is 1.53.